The van der Waals surface area contributed by atoms with Crippen molar-refractivity contribution in [2.45, 2.75) is 25.6 Å². The van der Waals surface area contributed by atoms with Crippen LogP contribution in [0.25, 0.3) is 0 Å². The molecule has 1 aliphatic rings. The summed E-state index contributed by atoms with van der Waals surface area (Å²) in [5.74, 6) is 0.416. The van der Waals surface area contributed by atoms with Gasteiger partial charge in [-0.1, -0.05) is 24.3 Å². The molecule has 0 saturated carbocycles. The van der Waals surface area contributed by atoms with Crippen molar-refractivity contribution in [3.63, 3.8) is 0 Å². The van der Waals surface area contributed by atoms with Gasteiger partial charge in [-0.3, -0.25) is 9.69 Å². The van der Waals surface area contributed by atoms with Crippen molar-refractivity contribution >= 4 is 5.91 Å². The van der Waals surface area contributed by atoms with Crippen molar-refractivity contribution in [1.29, 1.82) is 0 Å². The average molecular weight is 358 g/mol. The van der Waals surface area contributed by atoms with Crippen molar-refractivity contribution in [2.24, 2.45) is 0 Å². The molecule has 0 radical (unpaired) electrons. The van der Waals surface area contributed by atoms with Gasteiger partial charge in [-0.15, -0.1) is 0 Å². The van der Waals surface area contributed by atoms with Crippen LogP contribution in [-0.4, -0.2) is 47.2 Å². The summed E-state index contributed by atoms with van der Waals surface area (Å²) in [5, 5.41) is 9.16. The number of benzene rings is 2. The number of aliphatic hydroxyl groups is 1. The maximum Gasteiger partial charge on any atom is 0.241 e. The summed E-state index contributed by atoms with van der Waals surface area (Å²) in [5.41, 5.74) is 1.85. The number of halogens is 1. The van der Waals surface area contributed by atoms with E-state index in [9.17, 15) is 9.18 Å². The summed E-state index contributed by atoms with van der Waals surface area (Å²) in [6, 6.07) is 13.8. The van der Waals surface area contributed by atoms with E-state index >= 15 is 0 Å². The number of hydrogen-bond acceptors (Lipinski definition) is 4. The maximum atomic E-state index is 13.2. The van der Waals surface area contributed by atoms with Gasteiger partial charge in [0.25, 0.3) is 0 Å². The minimum absolute atomic E-state index is 0.0231. The lowest BCUT2D eigenvalue weighted by molar-refractivity contribution is -0.134. The fraction of sp³-hybridized carbons (Fsp3) is 0.350. The number of hydrogen-bond donors (Lipinski definition) is 1. The number of ether oxygens (including phenoxy) is 1. The summed E-state index contributed by atoms with van der Waals surface area (Å²) in [7, 11) is 1.91. The summed E-state index contributed by atoms with van der Waals surface area (Å²) >= 11 is 0. The van der Waals surface area contributed by atoms with Crippen LogP contribution in [0.3, 0.4) is 0 Å². The van der Waals surface area contributed by atoms with Crippen LogP contribution < -0.4 is 4.74 Å². The maximum absolute atomic E-state index is 13.2. The van der Waals surface area contributed by atoms with Gasteiger partial charge < -0.3 is 14.7 Å². The zero-order valence-corrected chi connectivity index (χ0v) is 14.8. The third-order valence-electron chi connectivity index (χ3n) is 4.62. The highest BCUT2D eigenvalue weighted by Crippen LogP contribution is 2.20. The molecule has 1 aliphatic heterocycles. The Morgan fingerprint density at radius 1 is 1.23 bits per heavy atom. The van der Waals surface area contributed by atoms with Gasteiger partial charge in [-0.25, -0.2) is 4.39 Å². The highest BCUT2D eigenvalue weighted by Gasteiger charge is 2.33. The minimum Gasteiger partial charge on any atom is -0.489 e. The van der Waals surface area contributed by atoms with Gasteiger partial charge in [-0.2, -0.15) is 0 Å². The quantitative estimate of drug-likeness (QED) is 0.826. The standard InChI is InChI=1S/C20H23FN2O3/c1-22(19-9-10-23(14-24)20(19)25)12-15-5-7-18(8-6-15)26-13-16-3-2-4-17(21)11-16/h2-8,11,19,24H,9-10,12-14H2,1H3. The zero-order valence-electron chi connectivity index (χ0n) is 14.8. The highest BCUT2D eigenvalue weighted by molar-refractivity contribution is 5.83. The molecular weight excluding hydrogens is 335 g/mol. The molecule has 1 atom stereocenters. The third kappa shape index (κ3) is 4.39. The largest absolute Gasteiger partial charge is 0.489 e. The van der Waals surface area contributed by atoms with Gasteiger partial charge in [0.15, 0.2) is 0 Å². The molecule has 26 heavy (non-hydrogen) atoms. The number of nitrogens with zero attached hydrogens (tertiary/aromatic N) is 2. The van der Waals surface area contributed by atoms with Crippen molar-refractivity contribution in [2.75, 3.05) is 20.3 Å². The average Bonchev–Trinajstić information content (AvgIpc) is 3.02. The first-order valence-electron chi connectivity index (χ1n) is 8.63. The monoisotopic (exact) mass is 358 g/mol. The first kappa shape index (κ1) is 18.4. The van der Waals surface area contributed by atoms with Crippen LogP contribution in [-0.2, 0) is 17.9 Å². The predicted molar refractivity (Wildman–Crippen MR) is 95.8 cm³/mol. The topological polar surface area (TPSA) is 53.0 Å². The fourth-order valence-electron chi connectivity index (χ4n) is 3.15. The van der Waals surface area contributed by atoms with Gasteiger partial charge in [-0.05, 0) is 48.9 Å². The number of aliphatic hydroxyl groups excluding tert-OH is 1. The van der Waals surface area contributed by atoms with Gasteiger partial charge in [0, 0.05) is 13.1 Å². The summed E-state index contributed by atoms with van der Waals surface area (Å²) in [4.78, 5) is 15.6. The zero-order chi connectivity index (χ0) is 18.5. The molecule has 1 saturated heterocycles. The van der Waals surface area contributed by atoms with E-state index in [1.54, 1.807) is 6.07 Å². The first-order chi connectivity index (χ1) is 12.6. The fourth-order valence-corrected chi connectivity index (χ4v) is 3.15. The van der Waals surface area contributed by atoms with Crippen molar-refractivity contribution in [3.8, 4) is 5.75 Å². The molecule has 1 heterocycles. The van der Waals surface area contributed by atoms with Crippen LogP contribution in [0.15, 0.2) is 48.5 Å². The third-order valence-corrected chi connectivity index (χ3v) is 4.62. The summed E-state index contributed by atoms with van der Waals surface area (Å²) < 4.78 is 18.9. The Morgan fingerprint density at radius 2 is 2.00 bits per heavy atom. The number of carbonyl (C=O) groups excluding carboxylic acids is 1. The number of amides is 1. The van der Waals surface area contributed by atoms with Crippen molar-refractivity contribution < 1.29 is 19.0 Å². The van der Waals surface area contributed by atoms with E-state index < -0.39 is 0 Å². The van der Waals surface area contributed by atoms with Crippen LogP contribution in [0.4, 0.5) is 4.39 Å². The molecule has 0 aliphatic carbocycles. The second-order valence-corrected chi connectivity index (χ2v) is 6.53. The Bertz CT molecular complexity index is 751. The Hall–Kier alpha value is -2.44. The smallest absolute Gasteiger partial charge is 0.241 e. The van der Waals surface area contributed by atoms with E-state index in [1.807, 2.05) is 42.3 Å². The molecule has 1 amide bonds. The van der Waals surface area contributed by atoms with Crippen molar-refractivity contribution in [1.82, 2.24) is 9.80 Å². The molecule has 3 rings (SSSR count). The van der Waals surface area contributed by atoms with E-state index in [-0.39, 0.29) is 24.5 Å². The molecule has 6 heteroatoms. The highest BCUT2D eigenvalue weighted by atomic mass is 19.1. The number of rotatable bonds is 7. The van der Waals surface area contributed by atoms with Crippen molar-refractivity contribution in [3.05, 3.63) is 65.5 Å². The lowest BCUT2D eigenvalue weighted by Gasteiger charge is -2.23. The lowest BCUT2D eigenvalue weighted by atomic mass is 10.1. The van der Waals surface area contributed by atoms with Crippen LogP contribution in [0, 0.1) is 5.82 Å². The Labute approximate surface area is 152 Å². The normalized spacial score (nSPS) is 17.2. The molecule has 0 spiro atoms. The molecular formula is C20H23FN2O3. The molecule has 1 N–H and O–H groups in total. The molecule has 138 valence electrons. The van der Waals surface area contributed by atoms with Gasteiger partial charge in [0.1, 0.15) is 24.9 Å². The van der Waals surface area contributed by atoms with E-state index in [1.165, 1.54) is 17.0 Å². The Balaban J connectivity index is 1.53. The predicted octanol–water partition coefficient (Wildman–Crippen LogP) is 2.39. The molecule has 0 bridgehead atoms. The van der Waals surface area contributed by atoms with Gasteiger partial charge in [0.2, 0.25) is 5.91 Å². The van der Waals surface area contributed by atoms with Gasteiger partial charge >= 0.3 is 0 Å². The van der Waals surface area contributed by atoms with Crippen LogP contribution in [0.5, 0.6) is 5.75 Å². The second-order valence-electron chi connectivity index (χ2n) is 6.53. The van der Waals surface area contributed by atoms with Crippen LogP contribution in [0.1, 0.15) is 17.5 Å². The first-order valence-corrected chi connectivity index (χ1v) is 8.63. The molecule has 2 aromatic carbocycles. The van der Waals surface area contributed by atoms with Crippen LogP contribution in [0.2, 0.25) is 0 Å². The van der Waals surface area contributed by atoms with E-state index in [4.69, 9.17) is 9.84 Å². The molecule has 1 unspecified atom stereocenters. The SMILES string of the molecule is CN(Cc1ccc(OCc2cccc(F)c2)cc1)C1CCN(CO)C1=O. The molecule has 5 nitrogen and oxygen atoms in total. The summed E-state index contributed by atoms with van der Waals surface area (Å²) in [6.45, 7) is 1.32. The number of likely N-dealkylation sites (tertiary alicyclic amines) is 1. The Kier molecular flexibility index (Phi) is 5.85. The van der Waals surface area contributed by atoms with E-state index in [0.717, 1.165) is 17.5 Å². The van der Waals surface area contributed by atoms with E-state index in [0.29, 0.717) is 25.4 Å². The van der Waals surface area contributed by atoms with E-state index in [2.05, 4.69) is 0 Å². The van der Waals surface area contributed by atoms with Crippen LogP contribution >= 0.6 is 0 Å². The molecule has 2 aromatic rings. The number of likely N-dealkylation sites (N-methyl/N-ethyl adjacent to an activating group) is 1. The second kappa shape index (κ2) is 8.29. The lowest BCUT2D eigenvalue weighted by Crippen LogP contribution is -2.39. The summed E-state index contributed by atoms with van der Waals surface area (Å²) in [6.07, 6.45) is 0.727. The molecule has 1 fully saturated rings. The molecule has 0 aromatic heterocycles. The van der Waals surface area contributed by atoms with Gasteiger partial charge in [0.05, 0.1) is 6.04 Å². The number of carbonyl (C=O) groups is 1. The minimum atomic E-state index is -0.272. The Morgan fingerprint density at radius 3 is 2.65 bits per heavy atom.